The maximum Gasteiger partial charge on any atom is 0.223 e. The number of hydrogen-bond acceptors (Lipinski definition) is 3. The molecule has 1 aliphatic heterocycles. The molecule has 2 unspecified atom stereocenters. The van der Waals surface area contributed by atoms with Crippen LogP contribution in [0.25, 0.3) is 11.1 Å². The number of nitrogens with one attached hydrogen (secondary N) is 1. The first-order valence-corrected chi connectivity index (χ1v) is 9.92. The summed E-state index contributed by atoms with van der Waals surface area (Å²) in [4.78, 5) is 14.9. The highest BCUT2D eigenvalue weighted by Gasteiger charge is 2.27. The van der Waals surface area contributed by atoms with Crippen molar-refractivity contribution in [2.45, 2.75) is 45.2 Å². The number of benzene rings is 2. The van der Waals surface area contributed by atoms with Crippen LogP contribution in [-0.4, -0.2) is 43.1 Å². The van der Waals surface area contributed by atoms with Crippen LogP contribution in [0.3, 0.4) is 0 Å². The molecule has 0 radical (unpaired) electrons. The molecule has 3 rings (SSSR count). The zero-order valence-corrected chi connectivity index (χ0v) is 16.6. The van der Waals surface area contributed by atoms with Crippen molar-refractivity contribution in [2.75, 3.05) is 20.2 Å². The monoisotopic (exact) mass is 366 g/mol. The molecule has 0 fully saturated rings. The molecule has 144 valence electrons. The number of ether oxygens (including phenoxy) is 1. The second kappa shape index (κ2) is 9.05. The first-order chi connectivity index (χ1) is 13.1. The van der Waals surface area contributed by atoms with E-state index >= 15 is 0 Å². The highest BCUT2D eigenvalue weighted by Crippen LogP contribution is 2.31. The first kappa shape index (κ1) is 19.4. The SMILES string of the molecule is CCN1C(=O)CCCOc2ccccc2-c2cccc(c2)CC1C(C)NC. The molecule has 1 amide bonds. The highest BCUT2D eigenvalue weighted by atomic mass is 16.5. The number of rotatable bonds is 3. The quantitative estimate of drug-likeness (QED) is 0.896. The minimum atomic E-state index is 0.125. The van der Waals surface area contributed by atoms with Crippen LogP contribution in [0.5, 0.6) is 5.75 Å². The molecule has 0 saturated carbocycles. The Balaban J connectivity index is 2.03. The number of hydrogen-bond donors (Lipinski definition) is 1. The molecule has 2 atom stereocenters. The van der Waals surface area contributed by atoms with Crippen LogP contribution >= 0.6 is 0 Å². The summed E-state index contributed by atoms with van der Waals surface area (Å²) in [5.41, 5.74) is 3.50. The van der Waals surface area contributed by atoms with Crippen molar-refractivity contribution in [1.29, 1.82) is 0 Å². The van der Waals surface area contributed by atoms with Crippen LogP contribution < -0.4 is 10.1 Å². The van der Waals surface area contributed by atoms with Crippen LogP contribution in [-0.2, 0) is 11.2 Å². The van der Waals surface area contributed by atoms with Crippen molar-refractivity contribution in [1.82, 2.24) is 10.2 Å². The Hall–Kier alpha value is -2.33. The molecule has 1 aliphatic rings. The summed E-state index contributed by atoms with van der Waals surface area (Å²) in [6.07, 6.45) is 2.07. The number of para-hydroxylation sites is 1. The lowest BCUT2D eigenvalue weighted by molar-refractivity contribution is -0.134. The lowest BCUT2D eigenvalue weighted by Crippen LogP contribution is -2.51. The van der Waals surface area contributed by atoms with E-state index in [1.807, 2.05) is 30.1 Å². The zero-order valence-electron chi connectivity index (χ0n) is 16.6. The standard InChI is InChI=1S/C23H30N2O2/c1-4-25-21(17(2)24-3)16-18-9-7-10-19(15-18)20-11-5-6-12-22(20)27-14-8-13-23(25)26/h5-7,9-12,15,17,21,24H,4,8,13-14,16H2,1-3H3. The van der Waals surface area contributed by atoms with Gasteiger partial charge in [-0.3, -0.25) is 4.79 Å². The Morgan fingerprint density at radius 3 is 2.81 bits per heavy atom. The van der Waals surface area contributed by atoms with E-state index in [4.69, 9.17) is 4.74 Å². The fourth-order valence-corrected chi connectivity index (χ4v) is 3.83. The summed E-state index contributed by atoms with van der Waals surface area (Å²) >= 11 is 0. The average Bonchev–Trinajstić information content (AvgIpc) is 2.71. The smallest absolute Gasteiger partial charge is 0.223 e. The van der Waals surface area contributed by atoms with Gasteiger partial charge in [0.1, 0.15) is 5.75 Å². The zero-order chi connectivity index (χ0) is 19.2. The number of carbonyl (C=O) groups is 1. The Morgan fingerprint density at radius 1 is 1.22 bits per heavy atom. The van der Waals surface area contributed by atoms with Crippen molar-refractivity contribution in [3.05, 3.63) is 54.1 Å². The number of fused-ring (bicyclic) bond motifs is 4. The molecule has 4 heteroatoms. The predicted octanol–water partition coefficient (Wildman–Crippen LogP) is 3.89. The largest absolute Gasteiger partial charge is 0.493 e. The van der Waals surface area contributed by atoms with Gasteiger partial charge in [-0.25, -0.2) is 0 Å². The molecule has 0 spiro atoms. The number of nitrogens with zero attached hydrogens (tertiary/aromatic N) is 1. The number of likely N-dealkylation sites (N-methyl/N-ethyl adjacent to an activating group) is 2. The van der Waals surface area contributed by atoms with E-state index in [9.17, 15) is 4.79 Å². The molecule has 1 N–H and O–H groups in total. The van der Waals surface area contributed by atoms with Gasteiger partial charge in [0.15, 0.2) is 0 Å². The average molecular weight is 367 g/mol. The van der Waals surface area contributed by atoms with E-state index in [0.29, 0.717) is 13.0 Å². The molecule has 2 bridgehead atoms. The molecule has 4 nitrogen and oxygen atoms in total. The normalized spacial score (nSPS) is 19.1. The van der Waals surface area contributed by atoms with E-state index in [1.165, 1.54) is 5.56 Å². The fourth-order valence-electron chi connectivity index (χ4n) is 3.83. The maximum absolute atomic E-state index is 12.9. The van der Waals surface area contributed by atoms with Crippen molar-refractivity contribution >= 4 is 5.91 Å². The van der Waals surface area contributed by atoms with Crippen LogP contribution in [0.4, 0.5) is 0 Å². The molecule has 1 heterocycles. The van der Waals surface area contributed by atoms with Gasteiger partial charge >= 0.3 is 0 Å². The van der Waals surface area contributed by atoms with Crippen molar-refractivity contribution < 1.29 is 9.53 Å². The summed E-state index contributed by atoms with van der Waals surface area (Å²) in [5.74, 6) is 1.09. The second-order valence-corrected chi connectivity index (χ2v) is 7.18. The van der Waals surface area contributed by atoms with Crippen molar-refractivity contribution in [2.24, 2.45) is 0 Å². The van der Waals surface area contributed by atoms with Crippen LogP contribution in [0.1, 0.15) is 32.3 Å². The molecule has 0 aliphatic carbocycles. The molecular formula is C23H30N2O2. The minimum Gasteiger partial charge on any atom is -0.493 e. The van der Waals surface area contributed by atoms with Gasteiger partial charge in [-0.2, -0.15) is 0 Å². The number of carbonyl (C=O) groups excluding carboxylic acids is 1. The summed E-state index contributed by atoms with van der Waals surface area (Å²) in [6, 6.07) is 17.1. The molecule has 0 aromatic heterocycles. The summed E-state index contributed by atoms with van der Waals surface area (Å²) in [5, 5.41) is 3.35. The lowest BCUT2D eigenvalue weighted by Gasteiger charge is -2.35. The van der Waals surface area contributed by atoms with Gasteiger partial charge < -0.3 is 15.0 Å². The molecule has 2 aromatic rings. The van der Waals surface area contributed by atoms with Crippen molar-refractivity contribution in [3.8, 4) is 16.9 Å². The second-order valence-electron chi connectivity index (χ2n) is 7.18. The third-order valence-electron chi connectivity index (χ3n) is 5.46. The van der Waals surface area contributed by atoms with E-state index in [-0.39, 0.29) is 18.0 Å². The lowest BCUT2D eigenvalue weighted by atomic mass is 9.95. The van der Waals surface area contributed by atoms with E-state index in [1.54, 1.807) is 0 Å². The van der Waals surface area contributed by atoms with Gasteiger partial charge in [0.25, 0.3) is 0 Å². The summed E-state index contributed by atoms with van der Waals surface area (Å²) in [6.45, 7) is 5.48. The molecule has 2 aromatic carbocycles. The molecule has 27 heavy (non-hydrogen) atoms. The minimum absolute atomic E-state index is 0.125. The van der Waals surface area contributed by atoms with Crippen LogP contribution in [0.2, 0.25) is 0 Å². The van der Waals surface area contributed by atoms with Gasteiger partial charge in [-0.05, 0) is 50.9 Å². The third kappa shape index (κ3) is 4.51. The van der Waals surface area contributed by atoms with Gasteiger partial charge in [0.05, 0.1) is 12.6 Å². The van der Waals surface area contributed by atoms with E-state index in [0.717, 1.165) is 36.3 Å². The summed E-state index contributed by atoms with van der Waals surface area (Å²) in [7, 11) is 1.96. The van der Waals surface area contributed by atoms with Gasteiger partial charge in [0, 0.05) is 24.6 Å². The fraction of sp³-hybridized carbons (Fsp3) is 0.435. The highest BCUT2D eigenvalue weighted by molar-refractivity contribution is 5.77. The Morgan fingerprint density at radius 2 is 2.04 bits per heavy atom. The Kier molecular flexibility index (Phi) is 6.51. The van der Waals surface area contributed by atoms with Gasteiger partial charge in [-0.15, -0.1) is 0 Å². The summed E-state index contributed by atoms with van der Waals surface area (Å²) < 4.78 is 6.03. The van der Waals surface area contributed by atoms with Gasteiger partial charge in [-0.1, -0.05) is 42.5 Å². The molecular weight excluding hydrogens is 336 g/mol. The van der Waals surface area contributed by atoms with E-state index in [2.05, 4.69) is 49.5 Å². The third-order valence-corrected chi connectivity index (χ3v) is 5.46. The predicted molar refractivity (Wildman–Crippen MR) is 110 cm³/mol. The van der Waals surface area contributed by atoms with Crippen molar-refractivity contribution in [3.63, 3.8) is 0 Å². The topological polar surface area (TPSA) is 41.6 Å². The van der Waals surface area contributed by atoms with Crippen LogP contribution in [0, 0.1) is 0 Å². The number of amides is 1. The first-order valence-electron chi connectivity index (χ1n) is 9.92. The molecule has 0 saturated heterocycles. The van der Waals surface area contributed by atoms with Crippen LogP contribution in [0.15, 0.2) is 48.5 Å². The van der Waals surface area contributed by atoms with E-state index < -0.39 is 0 Å². The Labute approximate surface area is 162 Å². The Bertz CT molecular complexity index is 774. The maximum atomic E-state index is 12.9. The van der Waals surface area contributed by atoms with Gasteiger partial charge in [0.2, 0.25) is 5.91 Å².